The van der Waals surface area contributed by atoms with Crippen LogP contribution in [0.2, 0.25) is 0 Å². The van der Waals surface area contributed by atoms with Crippen LogP contribution in [0.4, 0.5) is 0 Å². The van der Waals surface area contributed by atoms with Crippen LogP contribution in [0.25, 0.3) is 0 Å². The molecule has 274 valence electrons. The van der Waals surface area contributed by atoms with Gasteiger partial charge in [-0.15, -0.1) is 0 Å². The number of hydrogen-bond acceptors (Lipinski definition) is 12. The molecule has 2 saturated heterocycles. The molecule has 0 aromatic carbocycles. The van der Waals surface area contributed by atoms with Gasteiger partial charge in [0.05, 0.1) is 24.9 Å². The fourth-order valence-corrected chi connectivity index (χ4v) is 6.80. The third kappa shape index (κ3) is 10.7. The second kappa shape index (κ2) is 18.8. The van der Waals surface area contributed by atoms with Gasteiger partial charge < -0.3 is 48.6 Å². The minimum Gasteiger partial charge on any atom is -0.459 e. The molecule has 3 N–H and O–H groups in total. The average Bonchev–Trinajstić information content (AvgIpc) is 3.04. The number of esters is 1. The number of cyclic esters (lactones) is 1. The molecule has 2 fully saturated rings. The Morgan fingerprint density at radius 2 is 1.58 bits per heavy atom. The summed E-state index contributed by atoms with van der Waals surface area (Å²) < 4.78 is 35.7. The zero-order valence-corrected chi connectivity index (χ0v) is 30.0. The van der Waals surface area contributed by atoms with Gasteiger partial charge in [0.25, 0.3) is 0 Å². The Morgan fingerprint density at radius 3 is 2.23 bits per heavy atom. The Labute approximate surface area is 286 Å². The molecule has 3 aliphatic heterocycles. The number of aliphatic hydroxyl groups excluding tert-OH is 3. The van der Waals surface area contributed by atoms with Gasteiger partial charge in [0, 0.05) is 37.0 Å². The van der Waals surface area contributed by atoms with Crippen LogP contribution in [0.5, 0.6) is 0 Å². The molecule has 12 heteroatoms. The van der Waals surface area contributed by atoms with E-state index in [-0.39, 0.29) is 42.3 Å². The molecule has 0 spiro atoms. The molecule has 3 heterocycles. The number of allylic oxidation sites excluding steroid dienone is 3. The summed E-state index contributed by atoms with van der Waals surface area (Å²) in [5.74, 6) is -1.73. The second-order valence-electron chi connectivity index (χ2n) is 13.9. The number of hydrogen-bond donors (Lipinski definition) is 3. The number of nitrogens with zero attached hydrogens (tertiary/aromatic N) is 1. The van der Waals surface area contributed by atoms with Crippen LogP contribution < -0.4 is 0 Å². The van der Waals surface area contributed by atoms with Crippen LogP contribution in [0.15, 0.2) is 36.5 Å². The first-order valence-electron chi connectivity index (χ1n) is 17.3. The van der Waals surface area contributed by atoms with E-state index >= 15 is 0 Å². The van der Waals surface area contributed by atoms with Gasteiger partial charge in [-0.1, -0.05) is 52.0 Å². The SMILES string of the molecule is CC[C@H]1OC(=O)/C=C/[C@H](C)[C@@H](O[C@@H]2O[C@H](C)C[C@H](N(C)C)[C@H]2O)[C@@H](C)C[C@@H](C)C(=O)/C=C/C=C/[C@@H]1CO[C@@H]1O[C@H](C)[C@@H](O)[C@@H](O)[C@H]1OC. The normalized spacial score (nSPS) is 44.2. The van der Waals surface area contributed by atoms with E-state index in [0.717, 1.165) is 0 Å². The zero-order valence-electron chi connectivity index (χ0n) is 30.0. The maximum absolute atomic E-state index is 13.2. The van der Waals surface area contributed by atoms with E-state index in [4.69, 9.17) is 28.4 Å². The molecule has 3 aliphatic rings. The van der Waals surface area contributed by atoms with Crippen LogP contribution in [0, 0.1) is 23.7 Å². The number of carbonyl (C=O) groups is 2. The summed E-state index contributed by atoms with van der Waals surface area (Å²) in [4.78, 5) is 28.3. The first kappa shape index (κ1) is 40.4. The third-order valence-electron chi connectivity index (χ3n) is 9.78. The highest BCUT2D eigenvalue weighted by Gasteiger charge is 2.44. The maximum atomic E-state index is 13.2. The van der Waals surface area contributed by atoms with Crippen LogP contribution in [-0.2, 0) is 38.0 Å². The number of rotatable bonds is 8. The van der Waals surface area contributed by atoms with Crippen LogP contribution in [0.1, 0.15) is 60.8 Å². The highest BCUT2D eigenvalue weighted by molar-refractivity contribution is 5.91. The van der Waals surface area contributed by atoms with E-state index in [1.54, 1.807) is 25.2 Å². The molecular formula is C36H59NO11. The van der Waals surface area contributed by atoms with Gasteiger partial charge in [0.1, 0.15) is 30.5 Å². The van der Waals surface area contributed by atoms with Crippen molar-refractivity contribution in [2.24, 2.45) is 23.7 Å². The summed E-state index contributed by atoms with van der Waals surface area (Å²) in [5.41, 5.74) is 0. The van der Waals surface area contributed by atoms with Gasteiger partial charge in [0.2, 0.25) is 0 Å². The Kier molecular flexibility index (Phi) is 15.9. The number of aliphatic hydroxyl groups is 3. The topological polar surface area (TPSA) is 153 Å². The summed E-state index contributed by atoms with van der Waals surface area (Å²) in [5, 5.41) is 31.9. The minimum atomic E-state index is -1.21. The number of ether oxygens (including phenoxy) is 6. The smallest absolute Gasteiger partial charge is 0.330 e. The van der Waals surface area contributed by atoms with Crippen molar-refractivity contribution in [2.45, 2.75) is 128 Å². The monoisotopic (exact) mass is 681 g/mol. The van der Waals surface area contributed by atoms with Crippen molar-refractivity contribution >= 4 is 11.8 Å². The second-order valence-corrected chi connectivity index (χ2v) is 13.9. The summed E-state index contributed by atoms with van der Waals surface area (Å²) in [6.45, 7) is 11.4. The van der Waals surface area contributed by atoms with Crippen molar-refractivity contribution in [1.82, 2.24) is 4.90 Å². The molecular weight excluding hydrogens is 622 g/mol. The molecule has 0 unspecified atom stereocenters. The Bertz CT molecular complexity index is 1110. The molecule has 3 rings (SSSR count). The molecule has 48 heavy (non-hydrogen) atoms. The van der Waals surface area contributed by atoms with Gasteiger partial charge in [-0.05, 0) is 59.2 Å². The summed E-state index contributed by atoms with van der Waals surface area (Å²) in [6.07, 6.45) is 3.67. The first-order chi connectivity index (χ1) is 22.7. The fraction of sp³-hybridized carbons (Fsp3) is 0.778. The minimum absolute atomic E-state index is 0.0397. The van der Waals surface area contributed by atoms with E-state index in [0.29, 0.717) is 19.3 Å². The van der Waals surface area contributed by atoms with Crippen molar-refractivity contribution < 1.29 is 53.3 Å². The lowest BCUT2D eigenvalue weighted by Gasteiger charge is -2.43. The van der Waals surface area contributed by atoms with Crippen molar-refractivity contribution in [2.75, 3.05) is 27.8 Å². The van der Waals surface area contributed by atoms with Crippen molar-refractivity contribution in [3.8, 4) is 0 Å². The van der Waals surface area contributed by atoms with E-state index in [1.165, 1.54) is 19.3 Å². The molecule has 0 saturated carbocycles. The van der Waals surface area contributed by atoms with E-state index in [2.05, 4.69) is 0 Å². The molecule has 0 radical (unpaired) electrons. The molecule has 15 atom stereocenters. The Morgan fingerprint density at radius 1 is 0.875 bits per heavy atom. The number of methoxy groups -OCH3 is 1. The average molecular weight is 682 g/mol. The largest absolute Gasteiger partial charge is 0.459 e. The van der Waals surface area contributed by atoms with Gasteiger partial charge in [-0.25, -0.2) is 4.79 Å². The first-order valence-corrected chi connectivity index (χ1v) is 17.3. The summed E-state index contributed by atoms with van der Waals surface area (Å²) in [7, 11) is 5.24. The highest BCUT2D eigenvalue weighted by atomic mass is 16.7. The number of carbonyl (C=O) groups excluding carboxylic acids is 2. The lowest BCUT2D eigenvalue weighted by Crippen LogP contribution is -2.58. The quantitative estimate of drug-likeness (QED) is 0.323. The number of likely N-dealkylation sites (N-methyl/N-ethyl adjacent to an activating group) is 1. The zero-order chi connectivity index (χ0) is 35.7. The van der Waals surface area contributed by atoms with Crippen molar-refractivity contribution in [3.05, 3.63) is 36.5 Å². The van der Waals surface area contributed by atoms with Crippen LogP contribution >= 0.6 is 0 Å². The molecule has 0 aromatic rings. The summed E-state index contributed by atoms with van der Waals surface area (Å²) >= 11 is 0. The van der Waals surface area contributed by atoms with Crippen LogP contribution in [-0.4, -0.2) is 127 Å². The predicted octanol–water partition coefficient (Wildman–Crippen LogP) is 2.78. The predicted molar refractivity (Wildman–Crippen MR) is 179 cm³/mol. The van der Waals surface area contributed by atoms with E-state index in [1.807, 2.05) is 59.7 Å². The molecule has 0 aliphatic carbocycles. The molecule has 12 nitrogen and oxygen atoms in total. The molecule has 0 bridgehead atoms. The van der Waals surface area contributed by atoms with Gasteiger partial charge >= 0.3 is 5.97 Å². The van der Waals surface area contributed by atoms with Gasteiger partial charge in [-0.3, -0.25) is 4.79 Å². The molecule has 0 aromatic heterocycles. The lowest BCUT2D eigenvalue weighted by atomic mass is 9.84. The maximum Gasteiger partial charge on any atom is 0.330 e. The van der Waals surface area contributed by atoms with Crippen LogP contribution in [0.3, 0.4) is 0 Å². The molecule has 0 amide bonds. The van der Waals surface area contributed by atoms with Crippen molar-refractivity contribution in [3.63, 3.8) is 0 Å². The van der Waals surface area contributed by atoms with Gasteiger partial charge in [-0.2, -0.15) is 0 Å². The Balaban J connectivity index is 1.85. The standard InChI is InChI=1S/C36H59NO11/c1-10-28-25(19-44-36-34(43-9)32(42)30(40)24(6)46-36)13-11-12-14-27(38)21(3)17-22(4)33(20(2)15-16-29(39)47-28)48-35-31(41)26(37(7)8)18-23(5)45-35/h11-16,20-26,28,30-36,40-42H,10,17-19H2,1-9H3/b13-11+,14-12+,16-15+/t20-,21+,22-,23+,24+,25+,26-,28+,30+,31+,32+,33+,34+,35-,36+/m0/s1. The fourth-order valence-electron chi connectivity index (χ4n) is 6.80. The number of ketones is 1. The highest BCUT2D eigenvalue weighted by Crippen LogP contribution is 2.32. The lowest BCUT2D eigenvalue weighted by molar-refractivity contribution is -0.300. The Hall–Kier alpha value is -2.00. The van der Waals surface area contributed by atoms with E-state index < -0.39 is 67.2 Å². The third-order valence-corrected chi connectivity index (χ3v) is 9.78. The summed E-state index contributed by atoms with van der Waals surface area (Å²) in [6, 6.07) is -0.146. The van der Waals surface area contributed by atoms with Crippen molar-refractivity contribution in [1.29, 1.82) is 0 Å². The van der Waals surface area contributed by atoms with Gasteiger partial charge in [0.15, 0.2) is 18.4 Å². The van der Waals surface area contributed by atoms with E-state index in [9.17, 15) is 24.9 Å².